The van der Waals surface area contributed by atoms with E-state index >= 15 is 0 Å². The highest BCUT2D eigenvalue weighted by Crippen LogP contribution is 2.41. The van der Waals surface area contributed by atoms with Crippen molar-refractivity contribution in [2.24, 2.45) is 4.99 Å². The summed E-state index contributed by atoms with van der Waals surface area (Å²) < 4.78 is 5.41. The first-order valence-electron chi connectivity index (χ1n) is 13.0. The SMILES string of the molecule is Cc1cccnc1[C@@H]1CCC[C@H](C2(C)CN3C(N4CCN(C5COC5)CC4)=CC=CC3=N2)N1C. The van der Waals surface area contributed by atoms with Gasteiger partial charge in [0.25, 0.3) is 0 Å². The van der Waals surface area contributed by atoms with Crippen LogP contribution in [0.3, 0.4) is 0 Å². The van der Waals surface area contributed by atoms with Gasteiger partial charge in [0.1, 0.15) is 11.7 Å². The summed E-state index contributed by atoms with van der Waals surface area (Å²) in [7, 11) is 2.29. The second-order valence-corrected chi connectivity index (χ2v) is 10.8. The topological polar surface area (TPSA) is 47.4 Å². The molecule has 7 nitrogen and oxygen atoms in total. The number of hydrogen-bond donors (Lipinski definition) is 0. The number of piperidine rings is 1. The summed E-state index contributed by atoms with van der Waals surface area (Å²) >= 11 is 0. The van der Waals surface area contributed by atoms with Crippen LogP contribution in [0.5, 0.6) is 0 Å². The molecule has 0 N–H and O–H groups in total. The van der Waals surface area contributed by atoms with E-state index in [4.69, 9.17) is 14.7 Å². The van der Waals surface area contributed by atoms with Gasteiger partial charge in [-0.05, 0) is 63.9 Å². The van der Waals surface area contributed by atoms with E-state index in [1.807, 2.05) is 12.3 Å². The Labute approximate surface area is 203 Å². The van der Waals surface area contributed by atoms with Crippen LogP contribution in [0.15, 0.2) is 47.4 Å². The average molecular weight is 463 g/mol. The van der Waals surface area contributed by atoms with Crippen LogP contribution in [-0.2, 0) is 4.74 Å². The Hall–Kier alpha value is -2.22. The van der Waals surface area contributed by atoms with Crippen LogP contribution in [0.2, 0.25) is 0 Å². The normalized spacial score (nSPS) is 32.9. The molecule has 5 aliphatic rings. The number of likely N-dealkylation sites (tertiary alicyclic amines) is 1. The Balaban J connectivity index is 1.18. The van der Waals surface area contributed by atoms with Gasteiger partial charge in [-0.25, -0.2) is 0 Å². The highest BCUT2D eigenvalue weighted by atomic mass is 16.5. The van der Waals surface area contributed by atoms with E-state index in [9.17, 15) is 0 Å². The van der Waals surface area contributed by atoms with Crippen LogP contribution in [0, 0.1) is 6.92 Å². The van der Waals surface area contributed by atoms with Crippen molar-refractivity contribution in [2.75, 3.05) is 53.0 Å². The number of ether oxygens (including phenoxy) is 1. The number of aryl methyl sites for hydroxylation is 1. The van der Waals surface area contributed by atoms with Crippen LogP contribution in [0.25, 0.3) is 0 Å². The molecule has 0 bridgehead atoms. The predicted octanol–water partition coefficient (Wildman–Crippen LogP) is 2.82. The van der Waals surface area contributed by atoms with Gasteiger partial charge in [-0.3, -0.25) is 19.8 Å². The quantitative estimate of drug-likeness (QED) is 0.686. The molecule has 0 spiro atoms. The molecule has 1 aromatic rings. The number of piperazine rings is 1. The number of rotatable bonds is 4. The summed E-state index contributed by atoms with van der Waals surface area (Å²) in [6.07, 6.45) is 12.2. The Morgan fingerprint density at radius 2 is 1.94 bits per heavy atom. The molecular weight excluding hydrogens is 424 g/mol. The average Bonchev–Trinajstić information content (AvgIpc) is 3.16. The largest absolute Gasteiger partial charge is 0.378 e. The third-order valence-corrected chi connectivity index (χ3v) is 8.69. The summed E-state index contributed by atoms with van der Waals surface area (Å²) in [5.74, 6) is 2.45. The highest BCUT2D eigenvalue weighted by Gasteiger charge is 2.48. The Morgan fingerprint density at radius 3 is 2.68 bits per heavy atom. The summed E-state index contributed by atoms with van der Waals surface area (Å²) in [6, 6.07) is 5.63. The van der Waals surface area contributed by atoms with Gasteiger partial charge in [0.05, 0.1) is 43.1 Å². The molecule has 6 heterocycles. The zero-order chi connectivity index (χ0) is 23.3. The maximum atomic E-state index is 5.41. The number of nitrogens with zero attached hydrogens (tertiary/aromatic N) is 6. The van der Waals surface area contributed by atoms with Gasteiger partial charge < -0.3 is 14.5 Å². The standard InChI is InChI=1S/C27H38N6O/c1-20-7-6-12-28-26(20)22-8-4-9-23(30(22)3)27(2)19-33-24(29-27)10-5-11-25(33)32-15-13-31(14-16-32)21-17-34-18-21/h5-7,10-12,21-23H,4,8-9,13-19H2,1-3H3/t22-,23+,27?/m0/s1. The number of likely N-dealkylation sites (N-methyl/N-ethyl adjacent to an activating group) is 1. The first kappa shape index (κ1) is 22.3. The highest BCUT2D eigenvalue weighted by molar-refractivity contribution is 5.97. The third kappa shape index (κ3) is 3.78. The van der Waals surface area contributed by atoms with Crippen LogP contribution < -0.4 is 0 Å². The van der Waals surface area contributed by atoms with Gasteiger partial charge >= 0.3 is 0 Å². The predicted molar refractivity (Wildman–Crippen MR) is 135 cm³/mol. The molecule has 0 amide bonds. The molecule has 0 aromatic carbocycles. The fourth-order valence-electron chi connectivity index (χ4n) is 6.66. The third-order valence-electron chi connectivity index (χ3n) is 8.69. The van der Waals surface area contributed by atoms with Crippen LogP contribution in [-0.4, -0.2) is 101 Å². The Bertz CT molecular complexity index is 1010. The van der Waals surface area contributed by atoms with Crippen molar-refractivity contribution < 1.29 is 4.74 Å². The first-order valence-corrected chi connectivity index (χ1v) is 13.0. The second kappa shape index (κ2) is 8.77. The van der Waals surface area contributed by atoms with Crippen molar-refractivity contribution in [3.63, 3.8) is 0 Å². The molecular formula is C27H38N6O. The summed E-state index contributed by atoms with van der Waals surface area (Å²) in [4.78, 5) is 20.4. The van der Waals surface area contributed by atoms with E-state index in [1.54, 1.807) is 0 Å². The molecule has 34 heavy (non-hydrogen) atoms. The van der Waals surface area contributed by atoms with E-state index in [0.717, 1.165) is 51.8 Å². The fourth-order valence-corrected chi connectivity index (χ4v) is 6.66. The zero-order valence-electron chi connectivity index (χ0n) is 20.9. The molecule has 1 aromatic heterocycles. The summed E-state index contributed by atoms with van der Waals surface area (Å²) in [5.41, 5.74) is 2.39. The molecule has 182 valence electrons. The lowest BCUT2D eigenvalue weighted by Gasteiger charge is -2.47. The first-order chi connectivity index (χ1) is 16.5. The van der Waals surface area contributed by atoms with Crippen LogP contribution in [0.4, 0.5) is 0 Å². The van der Waals surface area contributed by atoms with Crippen molar-refractivity contribution in [2.45, 2.75) is 56.8 Å². The lowest BCUT2D eigenvalue weighted by atomic mass is 9.82. The summed E-state index contributed by atoms with van der Waals surface area (Å²) in [5, 5.41) is 0. The van der Waals surface area contributed by atoms with Crippen molar-refractivity contribution >= 4 is 5.84 Å². The molecule has 3 saturated heterocycles. The molecule has 3 fully saturated rings. The minimum atomic E-state index is -0.135. The van der Waals surface area contributed by atoms with Gasteiger partial charge in [-0.1, -0.05) is 12.1 Å². The van der Waals surface area contributed by atoms with E-state index in [2.05, 4.69) is 64.8 Å². The van der Waals surface area contributed by atoms with E-state index in [-0.39, 0.29) is 5.54 Å². The summed E-state index contributed by atoms with van der Waals surface area (Å²) in [6.45, 7) is 11.7. The Kier molecular flexibility index (Phi) is 5.74. The van der Waals surface area contributed by atoms with Gasteiger partial charge in [-0.2, -0.15) is 0 Å². The lowest BCUT2D eigenvalue weighted by molar-refractivity contribution is -0.0758. The number of aromatic nitrogens is 1. The molecule has 6 rings (SSSR count). The minimum Gasteiger partial charge on any atom is -0.378 e. The minimum absolute atomic E-state index is 0.135. The number of hydrogen-bond acceptors (Lipinski definition) is 7. The molecule has 0 aliphatic carbocycles. The van der Waals surface area contributed by atoms with Crippen LogP contribution >= 0.6 is 0 Å². The number of fused-ring (bicyclic) bond motifs is 1. The van der Waals surface area contributed by atoms with Gasteiger partial charge in [0.15, 0.2) is 0 Å². The molecule has 1 unspecified atom stereocenters. The van der Waals surface area contributed by atoms with Crippen molar-refractivity contribution in [3.8, 4) is 0 Å². The smallest absolute Gasteiger partial charge is 0.129 e. The van der Waals surface area contributed by atoms with E-state index < -0.39 is 0 Å². The van der Waals surface area contributed by atoms with Crippen molar-refractivity contribution in [1.29, 1.82) is 0 Å². The maximum absolute atomic E-state index is 5.41. The second-order valence-electron chi connectivity index (χ2n) is 10.8. The number of allylic oxidation sites excluding steroid dienone is 2. The monoisotopic (exact) mass is 462 g/mol. The van der Waals surface area contributed by atoms with Gasteiger partial charge in [0, 0.05) is 38.4 Å². The Morgan fingerprint density at radius 1 is 1.12 bits per heavy atom. The maximum Gasteiger partial charge on any atom is 0.129 e. The fraction of sp³-hybridized carbons (Fsp3) is 0.630. The van der Waals surface area contributed by atoms with Crippen LogP contribution in [0.1, 0.15) is 43.5 Å². The van der Waals surface area contributed by atoms with Gasteiger partial charge in [-0.15, -0.1) is 0 Å². The molecule has 0 saturated carbocycles. The molecule has 5 aliphatic heterocycles. The number of aliphatic imine (C=N–C) groups is 1. The van der Waals surface area contributed by atoms with E-state index in [0.29, 0.717) is 18.1 Å². The molecule has 0 radical (unpaired) electrons. The van der Waals surface area contributed by atoms with E-state index in [1.165, 1.54) is 36.3 Å². The van der Waals surface area contributed by atoms with Gasteiger partial charge in [0.2, 0.25) is 0 Å². The molecule has 3 atom stereocenters. The number of pyridine rings is 1. The van der Waals surface area contributed by atoms with Crippen molar-refractivity contribution in [3.05, 3.63) is 53.6 Å². The molecule has 7 heteroatoms. The lowest BCUT2D eigenvalue weighted by Crippen LogP contribution is -2.58. The van der Waals surface area contributed by atoms with Crippen molar-refractivity contribution in [1.82, 2.24) is 24.6 Å². The zero-order valence-corrected chi connectivity index (χ0v) is 20.9. The number of amidine groups is 1.